The van der Waals surface area contributed by atoms with Gasteiger partial charge in [0.05, 0.1) is 16.3 Å². The number of imide groups is 1. The smallest absolute Gasteiger partial charge is 0.343 e. The summed E-state index contributed by atoms with van der Waals surface area (Å²) in [5.41, 5.74) is 2.81. The first-order chi connectivity index (χ1) is 16.2. The van der Waals surface area contributed by atoms with Crippen LogP contribution in [0, 0.1) is 13.8 Å². The molecule has 0 saturated carbocycles. The number of anilines is 2. The van der Waals surface area contributed by atoms with Crippen LogP contribution in [0.1, 0.15) is 21.5 Å². The molecule has 0 radical (unpaired) electrons. The Morgan fingerprint density at radius 1 is 0.882 bits per heavy atom. The Bertz CT molecular complexity index is 1370. The SMILES string of the molecule is Cc1ccc(C)c(N2C(=O)C(Cl)=C(Nc3ccc(C(=O)Oc4ccc(Cl)cc4Cl)cc3)C2=O)c1. The molecule has 3 aromatic carbocycles. The Hall–Kier alpha value is -3.32. The molecule has 1 aliphatic rings. The first kappa shape index (κ1) is 23.8. The zero-order valence-corrected chi connectivity index (χ0v) is 20.3. The van der Waals surface area contributed by atoms with Crippen LogP contribution in [0.5, 0.6) is 5.75 Å². The summed E-state index contributed by atoms with van der Waals surface area (Å²) in [5.74, 6) is -1.62. The van der Waals surface area contributed by atoms with Gasteiger partial charge in [-0.15, -0.1) is 0 Å². The van der Waals surface area contributed by atoms with Crippen molar-refractivity contribution < 1.29 is 19.1 Å². The Morgan fingerprint density at radius 3 is 2.26 bits per heavy atom. The van der Waals surface area contributed by atoms with Crippen molar-refractivity contribution in [2.24, 2.45) is 0 Å². The number of amides is 2. The third kappa shape index (κ3) is 4.66. The number of carbonyl (C=O) groups excluding carboxylic acids is 3. The highest BCUT2D eigenvalue weighted by Gasteiger charge is 2.39. The lowest BCUT2D eigenvalue weighted by atomic mass is 10.1. The Morgan fingerprint density at radius 2 is 1.59 bits per heavy atom. The number of benzene rings is 3. The lowest BCUT2D eigenvalue weighted by molar-refractivity contribution is -0.120. The predicted octanol–water partition coefficient (Wildman–Crippen LogP) is 6.27. The molecule has 0 fully saturated rings. The zero-order chi connectivity index (χ0) is 24.6. The summed E-state index contributed by atoms with van der Waals surface area (Å²) in [4.78, 5) is 39.3. The topological polar surface area (TPSA) is 75.7 Å². The second kappa shape index (κ2) is 9.50. The average Bonchev–Trinajstić information content (AvgIpc) is 3.01. The maximum Gasteiger partial charge on any atom is 0.343 e. The van der Waals surface area contributed by atoms with Crippen molar-refractivity contribution in [1.82, 2.24) is 0 Å². The quantitative estimate of drug-likeness (QED) is 0.246. The highest BCUT2D eigenvalue weighted by Crippen LogP contribution is 2.33. The molecule has 0 saturated heterocycles. The number of rotatable bonds is 5. The van der Waals surface area contributed by atoms with E-state index in [0.717, 1.165) is 16.0 Å². The number of nitrogens with one attached hydrogen (secondary N) is 1. The van der Waals surface area contributed by atoms with Gasteiger partial charge in [0.1, 0.15) is 16.5 Å². The van der Waals surface area contributed by atoms with Crippen molar-refractivity contribution in [3.05, 3.63) is 98.1 Å². The van der Waals surface area contributed by atoms with Crippen molar-refractivity contribution in [3.63, 3.8) is 0 Å². The van der Waals surface area contributed by atoms with Gasteiger partial charge in [0.25, 0.3) is 11.8 Å². The van der Waals surface area contributed by atoms with E-state index in [1.807, 2.05) is 26.0 Å². The van der Waals surface area contributed by atoms with Crippen molar-refractivity contribution >= 4 is 64.0 Å². The van der Waals surface area contributed by atoms with Crippen LogP contribution in [0.25, 0.3) is 0 Å². The van der Waals surface area contributed by atoms with E-state index in [4.69, 9.17) is 39.5 Å². The molecule has 1 N–H and O–H groups in total. The Kier molecular flexibility index (Phi) is 6.66. The van der Waals surface area contributed by atoms with Gasteiger partial charge in [-0.2, -0.15) is 0 Å². The van der Waals surface area contributed by atoms with Gasteiger partial charge < -0.3 is 10.1 Å². The summed E-state index contributed by atoms with van der Waals surface area (Å²) in [5, 5.41) is 3.30. The molecule has 4 rings (SSSR count). The molecule has 0 bridgehead atoms. The Balaban J connectivity index is 1.50. The van der Waals surface area contributed by atoms with E-state index >= 15 is 0 Å². The minimum Gasteiger partial charge on any atom is -0.421 e. The highest BCUT2D eigenvalue weighted by atomic mass is 35.5. The summed E-state index contributed by atoms with van der Waals surface area (Å²) in [7, 11) is 0. The number of ether oxygens (including phenoxy) is 1. The van der Waals surface area contributed by atoms with Crippen molar-refractivity contribution in [1.29, 1.82) is 0 Å². The number of nitrogens with zero attached hydrogens (tertiary/aromatic N) is 1. The van der Waals surface area contributed by atoms with Crippen LogP contribution in [0.15, 0.2) is 71.4 Å². The second-order valence-corrected chi connectivity index (χ2v) is 8.81. The fraction of sp³-hybridized carbons (Fsp3) is 0.0800. The molecule has 172 valence electrons. The van der Waals surface area contributed by atoms with Crippen LogP contribution in [-0.4, -0.2) is 17.8 Å². The van der Waals surface area contributed by atoms with Gasteiger partial charge >= 0.3 is 5.97 Å². The number of hydrogen-bond donors (Lipinski definition) is 1. The molecular formula is C25H17Cl3N2O4. The summed E-state index contributed by atoms with van der Waals surface area (Å²) < 4.78 is 5.31. The molecule has 34 heavy (non-hydrogen) atoms. The molecule has 2 amide bonds. The first-order valence-corrected chi connectivity index (χ1v) is 11.2. The van der Waals surface area contributed by atoms with Gasteiger partial charge in [0, 0.05) is 10.7 Å². The van der Waals surface area contributed by atoms with E-state index in [9.17, 15) is 14.4 Å². The van der Waals surface area contributed by atoms with Gasteiger partial charge in [0.2, 0.25) is 0 Å². The number of aryl methyl sites for hydroxylation is 2. The molecule has 0 atom stereocenters. The van der Waals surface area contributed by atoms with E-state index < -0.39 is 17.8 Å². The van der Waals surface area contributed by atoms with Gasteiger partial charge in [-0.05, 0) is 73.5 Å². The maximum atomic E-state index is 13.0. The van der Waals surface area contributed by atoms with Crippen LogP contribution in [0.2, 0.25) is 10.0 Å². The molecule has 0 unspecified atom stereocenters. The molecule has 9 heteroatoms. The fourth-order valence-corrected chi connectivity index (χ4v) is 4.00. The number of hydrogen-bond acceptors (Lipinski definition) is 5. The predicted molar refractivity (Wildman–Crippen MR) is 133 cm³/mol. The second-order valence-electron chi connectivity index (χ2n) is 7.59. The van der Waals surface area contributed by atoms with Crippen LogP contribution in [0.3, 0.4) is 0 Å². The third-order valence-electron chi connectivity index (χ3n) is 5.12. The van der Waals surface area contributed by atoms with Gasteiger partial charge in [-0.3, -0.25) is 9.59 Å². The summed E-state index contributed by atoms with van der Waals surface area (Å²) in [6, 6.07) is 16.2. The van der Waals surface area contributed by atoms with Crippen molar-refractivity contribution in [2.45, 2.75) is 13.8 Å². The summed E-state index contributed by atoms with van der Waals surface area (Å²) >= 11 is 18.1. The van der Waals surface area contributed by atoms with E-state index in [1.54, 1.807) is 24.3 Å². The minimum atomic E-state index is -0.624. The van der Waals surface area contributed by atoms with Gasteiger partial charge in [-0.1, -0.05) is 46.9 Å². The van der Waals surface area contributed by atoms with E-state index in [-0.39, 0.29) is 27.1 Å². The fourth-order valence-electron chi connectivity index (χ4n) is 3.34. The van der Waals surface area contributed by atoms with Crippen LogP contribution in [-0.2, 0) is 9.59 Å². The normalized spacial score (nSPS) is 13.5. The highest BCUT2D eigenvalue weighted by molar-refractivity contribution is 6.53. The van der Waals surface area contributed by atoms with Crippen molar-refractivity contribution in [3.8, 4) is 5.75 Å². The van der Waals surface area contributed by atoms with E-state index in [0.29, 0.717) is 16.4 Å². The molecule has 1 aliphatic heterocycles. The Labute approximate surface area is 210 Å². The lowest BCUT2D eigenvalue weighted by Gasteiger charge is -2.18. The molecule has 0 aliphatic carbocycles. The van der Waals surface area contributed by atoms with E-state index in [2.05, 4.69) is 5.32 Å². The van der Waals surface area contributed by atoms with Crippen LogP contribution >= 0.6 is 34.8 Å². The van der Waals surface area contributed by atoms with Crippen molar-refractivity contribution in [2.75, 3.05) is 10.2 Å². The van der Waals surface area contributed by atoms with Gasteiger partial charge in [-0.25, -0.2) is 9.69 Å². The average molecular weight is 516 g/mol. The molecular weight excluding hydrogens is 499 g/mol. The number of esters is 1. The standard InChI is InChI=1S/C25H17Cl3N2O4/c1-13-3-4-14(2)19(11-13)30-23(31)21(28)22(24(30)32)29-17-8-5-15(6-9-17)25(33)34-20-10-7-16(26)12-18(20)27/h3-12,29H,1-2H3. The molecule has 3 aromatic rings. The number of carbonyl (C=O) groups is 3. The molecule has 0 aromatic heterocycles. The third-order valence-corrected chi connectivity index (χ3v) is 6.00. The van der Waals surface area contributed by atoms with Crippen LogP contribution in [0.4, 0.5) is 11.4 Å². The summed E-state index contributed by atoms with van der Waals surface area (Å²) in [6.07, 6.45) is 0. The lowest BCUT2D eigenvalue weighted by Crippen LogP contribution is -2.32. The minimum absolute atomic E-state index is 0.0455. The monoisotopic (exact) mass is 514 g/mol. The molecule has 0 spiro atoms. The van der Waals surface area contributed by atoms with Gasteiger partial charge in [0.15, 0.2) is 0 Å². The molecule has 6 nitrogen and oxygen atoms in total. The summed E-state index contributed by atoms with van der Waals surface area (Å²) in [6.45, 7) is 3.68. The zero-order valence-electron chi connectivity index (χ0n) is 18.0. The number of halogens is 3. The largest absolute Gasteiger partial charge is 0.421 e. The molecule has 1 heterocycles. The maximum absolute atomic E-state index is 13.0. The van der Waals surface area contributed by atoms with Crippen LogP contribution < -0.4 is 15.0 Å². The first-order valence-electron chi connectivity index (χ1n) is 10.1. The van der Waals surface area contributed by atoms with E-state index in [1.165, 1.54) is 24.3 Å².